The maximum atomic E-state index is 13.0. The molecule has 10 nitrogen and oxygen atoms in total. The van der Waals surface area contributed by atoms with Gasteiger partial charge in [0, 0.05) is 6.42 Å². The summed E-state index contributed by atoms with van der Waals surface area (Å²) >= 11 is 0. The quantitative estimate of drug-likeness (QED) is 0.349. The van der Waals surface area contributed by atoms with Crippen LogP contribution in [0.3, 0.4) is 0 Å². The van der Waals surface area contributed by atoms with E-state index in [0.29, 0.717) is 0 Å². The Balaban J connectivity index is 1.95. The number of rotatable bonds is 13. The Hall–Kier alpha value is -3.92. The number of benzene rings is 2. The van der Waals surface area contributed by atoms with Crippen molar-refractivity contribution < 1.29 is 33.4 Å². The minimum atomic E-state index is -1.18. The van der Waals surface area contributed by atoms with Gasteiger partial charge >= 0.3 is 12.1 Å². The number of ether oxygens (including phenoxy) is 3. The third-order valence-corrected chi connectivity index (χ3v) is 4.94. The van der Waals surface area contributed by atoms with Crippen LogP contribution < -0.4 is 16.4 Å². The van der Waals surface area contributed by atoms with Gasteiger partial charge in [-0.3, -0.25) is 14.4 Å². The molecule has 0 spiro atoms. The highest BCUT2D eigenvalue weighted by Gasteiger charge is 2.28. The molecule has 0 saturated heterocycles. The molecule has 0 aromatic heterocycles. The first-order valence-electron chi connectivity index (χ1n) is 11.9. The lowest BCUT2D eigenvalue weighted by Gasteiger charge is -2.24. The fraction of sp³-hybridized carbons (Fsp3) is 0.407. The molecule has 0 unspecified atom stereocenters. The summed E-state index contributed by atoms with van der Waals surface area (Å²) in [4.78, 5) is 49.4. The lowest BCUT2D eigenvalue weighted by Crippen LogP contribution is -2.55. The lowest BCUT2D eigenvalue weighted by molar-refractivity contribution is -0.145. The van der Waals surface area contributed by atoms with Crippen molar-refractivity contribution in [3.8, 4) is 0 Å². The summed E-state index contributed by atoms with van der Waals surface area (Å²) in [5.74, 6) is -2.08. The SMILES string of the molecule is CC(C)(C)OC(=O)N[C@@H](COCc1ccccc1)C(=O)N[C@H](CCC(=O)OCc1ccccc1)C(N)=O. The number of carbonyl (C=O) groups is 4. The Bertz CT molecular complexity index is 1020. The summed E-state index contributed by atoms with van der Waals surface area (Å²) in [6.07, 6.45) is -1.04. The van der Waals surface area contributed by atoms with Gasteiger partial charge in [0.15, 0.2) is 0 Å². The molecule has 0 aliphatic carbocycles. The maximum Gasteiger partial charge on any atom is 0.408 e. The second-order valence-corrected chi connectivity index (χ2v) is 9.35. The van der Waals surface area contributed by atoms with Gasteiger partial charge < -0.3 is 30.6 Å². The Labute approximate surface area is 216 Å². The van der Waals surface area contributed by atoms with Gasteiger partial charge in [-0.25, -0.2) is 4.79 Å². The Morgan fingerprint density at radius 3 is 1.95 bits per heavy atom. The summed E-state index contributed by atoms with van der Waals surface area (Å²) in [6, 6.07) is 16.1. The zero-order valence-electron chi connectivity index (χ0n) is 21.4. The van der Waals surface area contributed by atoms with Crippen LogP contribution >= 0.6 is 0 Å². The molecule has 2 aromatic carbocycles. The van der Waals surface area contributed by atoms with E-state index in [1.54, 1.807) is 20.8 Å². The number of nitrogens with one attached hydrogen (secondary N) is 2. The van der Waals surface area contributed by atoms with Gasteiger partial charge in [0.1, 0.15) is 24.3 Å². The maximum absolute atomic E-state index is 13.0. The van der Waals surface area contributed by atoms with E-state index in [9.17, 15) is 19.2 Å². The normalized spacial score (nSPS) is 12.6. The lowest BCUT2D eigenvalue weighted by atomic mass is 10.1. The molecular weight excluding hydrogens is 478 g/mol. The van der Waals surface area contributed by atoms with Gasteiger partial charge in [-0.1, -0.05) is 60.7 Å². The molecular formula is C27H35N3O7. The minimum Gasteiger partial charge on any atom is -0.461 e. The Morgan fingerprint density at radius 2 is 1.41 bits per heavy atom. The highest BCUT2D eigenvalue weighted by Crippen LogP contribution is 2.09. The molecule has 0 aliphatic rings. The van der Waals surface area contributed by atoms with Gasteiger partial charge in [-0.15, -0.1) is 0 Å². The Kier molecular flexibility index (Phi) is 11.6. The molecule has 2 atom stereocenters. The number of alkyl carbamates (subject to hydrolysis) is 1. The van der Waals surface area contributed by atoms with E-state index in [0.717, 1.165) is 11.1 Å². The second kappa shape index (κ2) is 14.6. The smallest absolute Gasteiger partial charge is 0.408 e. The molecule has 2 aromatic rings. The summed E-state index contributed by atoms with van der Waals surface area (Å²) in [5.41, 5.74) is 6.36. The minimum absolute atomic E-state index is 0.0707. The van der Waals surface area contributed by atoms with Gasteiger partial charge in [0.2, 0.25) is 11.8 Å². The summed E-state index contributed by atoms with van der Waals surface area (Å²) in [6.45, 7) is 5.17. The van der Waals surface area contributed by atoms with Crippen LogP contribution in [-0.4, -0.2) is 48.2 Å². The van der Waals surface area contributed by atoms with Crippen molar-refractivity contribution in [1.82, 2.24) is 10.6 Å². The van der Waals surface area contributed by atoms with Crippen LogP contribution in [0.1, 0.15) is 44.7 Å². The summed E-state index contributed by atoms with van der Waals surface area (Å²) < 4.78 is 16.1. The molecule has 0 fully saturated rings. The second-order valence-electron chi connectivity index (χ2n) is 9.35. The van der Waals surface area contributed by atoms with Crippen LogP contribution in [0.15, 0.2) is 60.7 Å². The molecule has 2 rings (SSSR count). The number of amides is 3. The third-order valence-electron chi connectivity index (χ3n) is 4.94. The van der Waals surface area contributed by atoms with Gasteiger partial charge in [-0.05, 0) is 38.3 Å². The van der Waals surface area contributed by atoms with Crippen LogP contribution in [0.4, 0.5) is 4.79 Å². The number of hydrogen-bond donors (Lipinski definition) is 3. The van der Waals surface area contributed by atoms with Crippen LogP contribution in [0.2, 0.25) is 0 Å². The van der Waals surface area contributed by atoms with Crippen LogP contribution in [-0.2, 0) is 41.8 Å². The molecule has 10 heteroatoms. The van der Waals surface area contributed by atoms with Crippen LogP contribution in [0.5, 0.6) is 0 Å². The van der Waals surface area contributed by atoms with Crippen molar-refractivity contribution in [1.29, 1.82) is 0 Å². The number of primary amides is 1. The third kappa shape index (κ3) is 12.0. The van der Waals surface area contributed by atoms with E-state index in [4.69, 9.17) is 19.9 Å². The molecule has 0 heterocycles. The fourth-order valence-electron chi connectivity index (χ4n) is 3.13. The molecule has 0 aliphatic heterocycles. The standard InChI is InChI=1S/C27H35N3O7/c1-27(2,3)37-26(34)30-22(18-35-16-19-10-6-4-7-11-19)25(33)29-21(24(28)32)14-15-23(31)36-17-20-12-8-5-9-13-20/h4-13,21-22H,14-18H2,1-3H3,(H2,28,32)(H,29,33)(H,30,34)/t21-,22+/m1/s1. The summed E-state index contributed by atoms with van der Waals surface area (Å²) in [7, 11) is 0. The molecule has 200 valence electrons. The number of nitrogens with two attached hydrogens (primary N) is 1. The predicted octanol–water partition coefficient (Wildman–Crippen LogP) is 2.59. The average molecular weight is 514 g/mol. The van der Waals surface area contributed by atoms with Gasteiger partial charge in [0.25, 0.3) is 0 Å². The van der Waals surface area contributed by atoms with Crippen molar-refractivity contribution in [2.24, 2.45) is 5.73 Å². The largest absolute Gasteiger partial charge is 0.461 e. The highest BCUT2D eigenvalue weighted by molar-refractivity contribution is 5.91. The highest BCUT2D eigenvalue weighted by atomic mass is 16.6. The van der Waals surface area contributed by atoms with E-state index in [2.05, 4.69) is 10.6 Å². The molecule has 0 radical (unpaired) electrons. The van der Waals surface area contributed by atoms with Crippen LogP contribution in [0, 0.1) is 0 Å². The molecule has 3 amide bonds. The van der Waals surface area contributed by atoms with E-state index in [1.807, 2.05) is 60.7 Å². The first kappa shape index (κ1) is 29.3. The fourth-order valence-corrected chi connectivity index (χ4v) is 3.13. The summed E-state index contributed by atoms with van der Waals surface area (Å²) in [5, 5.41) is 4.96. The average Bonchev–Trinajstić information content (AvgIpc) is 2.84. The van der Waals surface area contributed by atoms with Crippen molar-refractivity contribution >= 4 is 23.9 Å². The number of carbonyl (C=O) groups excluding carboxylic acids is 4. The van der Waals surface area contributed by atoms with E-state index >= 15 is 0 Å². The molecule has 4 N–H and O–H groups in total. The molecule has 0 saturated carbocycles. The molecule has 37 heavy (non-hydrogen) atoms. The van der Waals surface area contributed by atoms with E-state index in [-0.39, 0.29) is 32.7 Å². The first-order valence-corrected chi connectivity index (χ1v) is 11.9. The zero-order valence-corrected chi connectivity index (χ0v) is 21.4. The topological polar surface area (TPSA) is 146 Å². The van der Waals surface area contributed by atoms with Crippen LogP contribution in [0.25, 0.3) is 0 Å². The van der Waals surface area contributed by atoms with Crippen molar-refractivity contribution in [2.45, 2.75) is 64.5 Å². The van der Waals surface area contributed by atoms with Gasteiger partial charge in [-0.2, -0.15) is 0 Å². The molecule has 0 bridgehead atoms. The monoisotopic (exact) mass is 513 g/mol. The van der Waals surface area contributed by atoms with Gasteiger partial charge in [0.05, 0.1) is 13.2 Å². The zero-order chi connectivity index (χ0) is 27.3. The van der Waals surface area contributed by atoms with E-state index < -0.39 is 41.6 Å². The first-order chi connectivity index (χ1) is 17.5. The van der Waals surface area contributed by atoms with E-state index in [1.165, 1.54) is 0 Å². The number of esters is 1. The van der Waals surface area contributed by atoms with Crippen molar-refractivity contribution in [3.05, 3.63) is 71.8 Å². The van der Waals surface area contributed by atoms with Crippen molar-refractivity contribution in [2.75, 3.05) is 6.61 Å². The van der Waals surface area contributed by atoms with Crippen molar-refractivity contribution in [3.63, 3.8) is 0 Å². The predicted molar refractivity (Wildman–Crippen MR) is 136 cm³/mol. The number of hydrogen-bond acceptors (Lipinski definition) is 7. The Morgan fingerprint density at radius 1 is 0.838 bits per heavy atom.